The van der Waals surface area contributed by atoms with E-state index in [-0.39, 0.29) is 0 Å². The number of ether oxygens (including phenoxy) is 1. The van der Waals surface area contributed by atoms with Crippen molar-refractivity contribution in [2.75, 3.05) is 57.1 Å². The number of methoxy groups -OCH3 is 1. The molecule has 5 heteroatoms. The number of anilines is 2. The lowest BCUT2D eigenvalue weighted by molar-refractivity contribution is 0.144. The van der Waals surface area contributed by atoms with Crippen LogP contribution >= 0.6 is 0 Å². The zero-order valence-electron chi connectivity index (χ0n) is 11.3. The number of hydrogen-bond donors (Lipinski definition) is 1. The molecule has 0 bridgehead atoms. The summed E-state index contributed by atoms with van der Waals surface area (Å²) in [7, 11) is 1.73. The third-order valence-corrected chi connectivity index (χ3v) is 3.48. The van der Waals surface area contributed by atoms with Gasteiger partial charge in [0.05, 0.1) is 29.6 Å². The van der Waals surface area contributed by atoms with Gasteiger partial charge in [-0.05, 0) is 18.2 Å². The van der Waals surface area contributed by atoms with Gasteiger partial charge in [-0.1, -0.05) is 0 Å². The Hall–Kier alpha value is -1.77. The average Bonchev–Trinajstić information content (AvgIpc) is 2.45. The van der Waals surface area contributed by atoms with Crippen molar-refractivity contribution in [1.82, 2.24) is 4.90 Å². The zero-order chi connectivity index (χ0) is 13.7. The highest BCUT2D eigenvalue weighted by atomic mass is 16.5. The van der Waals surface area contributed by atoms with Crippen LogP contribution in [0.2, 0.25) is 0 Å². The Labute approximate surface area is 114 Å². The van der Waals surface area contributed by atoms with Gasteiger partial charge in [0.2, 0.25) is 0 Å². The number of piperazine rings is 1. The Kier molecular flexibility index (Phi) is 4.61. The summed E-state index contributed by atoms with van der Waals surface area (Å²) < 4.78 is 5.09. The second-order valence-electron chi connectivity index (χ2n) is 4.71. The monoisotopic (exact) mass is 260 g/mol. The maximum absolute atomic E-state index is 8.84. The average molecular weight is 260 g/mol. The molecule has 0 unspecified atom stereocenters. The van der Waals surface area contributed by atoms with E-state index in [0.29, 0.717) is 11.3 Å². The molecule has 2 N–H and O–H groups in total. The van der Waals surface area contributed by atoms with Gasteiger partial charge in [-0.15, -0.1) is 0 Å². The number of hydrogen-bond acceptors (Lipinski definition) is 5. The SMILES string of the molecule is COCCN1CCN(c2ccc(C#N)cc2N)CC1. The molecule has 0 saturated carbocycles. The lowest BCUT2D eigenvalue weighted by Gasteiger charge is -2.36. The van der Waals surface area contributed by atoms with Crippen molar-refractivity contribution >= 4 is 11.4 Å². The van der Waals surface area contributed by atoms with E-state index in [1.807, 2.05) is 12.1 Å². The van der Waals surface area contributed by atoms with Gasteiger partial charge in [-0.2, -0.15) is 5.26 Å². The van der Waals surface area contributed by atoms with Crippen LogP contribution in [0.15, 0.2) is 18.2 Å². The summed E-state index contributed by atoms with van der Waals surface area (Å²) in [6, 6.07) is 7.62. The van der Waals surface area contributed by atoms with Crippen LogP contribution in [-0.2, 0) is 4.74 Å². The highest BCUT2D eigenvalue weighted by Gasteiger charge is 2.18. The van der Waals surface area contributed by atoms with E-state index in [2.05, 4.69) is 15.9 Å². The van der Waals surface area contributed by atoms with Crippen LogP contribution < -0.4 is 10.6 Å². The Morgan fingerprint density at radius 2 is 2.05 bits per heavy atom. The molecule has 1 aliphatic heterocycles. The third-order valence-electron chi connectivity index (χ3n) is 3.48. The first-order valence-corrected chi connectivity index (χ1v) is 6.50. The number of nitrogens with two attached hydrogens (primary N) is 1. The summed E-state index contributed by atoms with van der Waals surface area (Å²) in [6.45, 7) is 5.71. The third kappa shape index (κ3) is 3.37. The molecule has 0 atom stereocenters. The van der Waals surface area contributed by atoms with Crippen molar-refractivity contribution in [3.8, 4) is 6.07 Å². The van der Waals surface area contributed by atoms with E-state index < -0.39 is 0 Å². The first-order chi connectivity index (χ1) is 9.24. The molecule has 102 valence electrons. The molecule has 1 aromatic rings. The molecule has 0 radical (unpaired) electrons. The highest BCUT2D eigenvalue weighted by molar-refractivity contribution is 5.69. The van der Waals surface area contributed by atoms with E-state index >= 15 is 0 Å². The van der Waals surface area contributed by atoms with Gasteiger partial charge < -0.3 is 15.4 Å². The van der Waals surface area contributed by atoms with Gasteiger partial charge in [0, 0.05) is 39.8 Å². The van der Waals surface area contributed by atoms with Crippen molar-refractivity contribution in [3.63, 3.8) is 0 Å². The minimum atomic E-state index is 0.611. The maximum Gasteiger partial charge on any atom is 0.0992 e. The molecule has 1 aromatic carbocycles. The van der Waals surface area contributed by atoms with Crippen LogP contribution in [0.25, 0.3) is 0 Å². The van der Waals surface area contributed by atoms with Crippen LogP contribution in [-0.4, -0.2) is 51.3 Å². The highest BCUT2D eigenvalue weighted by Crippen LogP contribution is 2.25. The topological polar surface area (TPSA) is 65.5 Å². The molecule has 19 heavy (non-hydrogen) atoms. The molecule has 2 rings (SSSR count). The normalized spacial score (nSPS) is 16.3. The summed E-state index contributed by atoms with van der Waals surface area (Å²) in [5.41, 5.74) is 8.34. The van der Waals surface area contributed by atoms with Crippen LogP contribution in [0.3, 0.4) is 0 Å². The molecule has 0 aromatic heterocycles. The lowest BCUT2D eigenvalue weighted by Crippen LogP contribution is -2.47. The summed E-state index contributed by atoms with van der Waals surface area (Å²) in [5.74, 6) is 0. The molecule has 0 amide bonds. The smallest absolute Gasteiger partial charge is 0.0992 e. The number of rotatable bonds is 4. The number of nitrogen functional groups attached to an aromatic ring is 1. The molecule has 5 nitrogen and oxygen atoms in total. The fourth-order valence-electron chi connectivity index (χ4n) is 2.34. The number of nitrogens with zero attached hydrogens (tertiary/aromatic N) is 3. The summed E-state index contributed by atoms with van der Waals surface area (Å²) in [4.78, 5) is 4.67. The summed E-state index contributed by atoms with van der Waals surface area (Å²) in [5, 5.41) is 8.84. The molecule has 0 aliphatic carbocycles. The molecule has 1 saturated heterocycles. The van der Waals surface area contributed by atoms with E-state index in [0.717, 1.165) is 45.0 Å². The second-order valence-corrected chi connectivity index (χ2v) is 4.71. The fourth-order valence-corrected chi connectivity index (χ4v) is 2.34. The van der Waals surface area contributed by atoms with Gasteiger partial charge in [-0.3, -0.25) is 4.90 Å². The largest absolute Gasteiger partial charge is 0.397 e. The molecule has 0 spiro atoms. The lowest BCUT2D eigenvalue weighted by atomic mass is 10.1. The Balaban J connectivity index is 1.96. The second kappa shape index (κ2) is 6.41. The van der Waals surface area contributed by atoms with Crippen molar-refractivity contribution in [3.05, 3.63) is 23.8 Å². The predicted molar refractivity (Wildman–Crippen MR) is 76.1 cm³/mol. The predicted octanol–water partition coefficient (Wildman–Crippen LogP) is 0.909. The minimum Gasteiger partial charge on any atom is -0.397 e. The van der Waals surface area contributed by atoms with Crippen LogP contribution in [0.5, 0.6) is 0 Å². The van der Waals surface area contributed by atoms with E-state index in [1.54, 1.807) is 13.2 Å². The molecule has 1 aliphatic rings. The molecule has 1 fully saturated rings. The fraction of sp³-hybridized carbons (Fsp3) is 0.500. The molecule has 1 heterocycles. The van der Waals surface area contributed by atoms with Gasteiger partial charge in [0.25, 0.3) is 0 Å². The Morgan fingerprint density at radius 1 is 1.32 bits per heavy atom. The Bertz CT molecular complexity index is 461. The van der Waals surface area contributed by atoms with Gasteiger partial charge in [0.15, 0.2) is 0 Å². The van der Waals surface area contributed by atoms with Crippen molar-refractivity contribution in [2.45, 2.75) is 0 Å². The molecular weight excluding hydrogens is 240 g/mol. The summed E-state index contributed by atoms with van der Waals surface area (Å²) >= 11 is 0. The number of nitriles is 1. The standard InChI is InChI=1S/C14H20N4O/c1-19-9-8-17-4-6-18(7-5-17)14-3-2-12(11-15)10-13(14)16/h2-3,10H,4-9,16H2,1H3. The quantitative estimate of drug-likeness (QED) is 0.815. The van der Waals surface area contributed by atoms with Crippen LogP contribution in [0.1, 0.15) is 5.56 Å². The van der Waals surface area contributed by atoms with Crippen molar-refractivity contribution < 1.29 is 4.74 Å². The first-order valence-electron chi connectivity index (χ1n) is 6.50. The minimum absolute atomic E-state index is 0.611. The van der Waals surface area contributed by atoms with Gasteiger partial charge in [-0.25, -0.2) is 0 Å². The van der Waals surface area contributed by atoms with Crippen molar-refractivity contribution in [1.29, 1.82) is 5.26 Å². The molecular formula is C14H20N4O. The van der Waals surface area contributed by atoms with Gasteiger partial charge >= 0.3 is 0 Å². The summed E-state index contributed by atoms with van der Waals surface area (Å²) in [6.07, 6.45) is 0. The van der Waals surface area contributed by atoms with Crippen LogP contribution in [0.4, 0.5) is 11.4 Å². The van der Waals surface area contributed by atoms with Crippen LogP contribution in [0, 0.1) is 11.3 Å². The van der Waals surface area contributed by atoms with E-state index in [4.69, 9.17) is 15.7 Å². The van der Waals surface area contributed by atoms with Gasteiger partial charge in [0.1, 0.15) is 0 Å². The first kappa shape index (κ1) is 13.7. The zero-order valence-corrected chi connectivity index (χ0v) is 11.3. The van der Waals surface area contributed by atoms with Crippen molar-refractivity contribution in [2.24, 2.45) is 0 Å². The number of benzene rings is 1. The Morgan fingerprint density at radius 3 is 2.63 bits per heavy atom. The maximum atomic E-state index is 8.84. The van der Waals surface area contributed by atoms with E-state index in [9.17, 15) is 0 Å². The van der Waals surface area contributed by atoms with E-state index in [1.165, 1.54) is 0 Å².